The van der Waals surface area contributed by atoms with Gasteiger partial charge in [0.15, 0.2) is 0 Å². The summed E-state index contributed by atoms with van der Waals surface area (Å²) in [6, 6.07) is 0. The molecule has 1 heteroatoms. The Hall–Kier alpha value is 0.168. The van der Waals surface area contributed by atoms with Gasteiger partial charge in [-0.25, -0.2) is 0 Å². The summed E-state index contributed by atoms with van der Waals surface area (Å²) >= 11 is 0.549. The number of hydrogen-bond acceptors (Lipinski definition) is 0. The Morgan fingerprint density at radius 2 is 2.43 bits per heavy atom. The van der Waals surface area contributed by atoms with E-state index in [1.54, 1.807) is 4.30 Å². The van der Waals surface area contributed by atoms with E-state index in [1.165, 1.54) is 0 Å². The van der Waals surface area contributed by atoms with E-state index in [-0.39, 0.29) is 0 Å². The van der Waals surface area contributed by atoms with Gasteiger partial charge in [0.25, 0.3) is 0 Å². The van der Waals surface area contributed by atoms with Crippen molar-refractivity contribution in [2.75, 3.05) is 0 Å². The Balaban J connectivity index is 2.69. The predicted octanol–water partition coefficient (Wildman–Crippen LogP) is 1.26. The Morgan fingerprint density at radius 1 is 1.71 bits per heavy atom. The zero-order chi connectivity index (χ0) is 5.28. The number of hydrogen-bond donors (Lipinski definition) is 0. The van der Waals surface area contributed by atoms with Gasteiger partial charge >= 0.3 is 50.3 Å². The van der Waals surface area contributed by atoms with Crippen LogP contribution in [0, 0.1) is 0 Å². The monoisotopic (exact) mass is 156 g/mol. The average Bonchev–Trinajstić information content (AvgIpc) is 1.87. The fourth-order valence-corrected chi connectivity index (χ4v) is 2.76. The van der Waals surface area contributed by atoms with Crippen molar-refractivity contribution in [2.45, 2.75) is 18.6 Å². The van der Waals surface area contributed by atoms with Gasteiger partial charge in [-0.05, 0) is 0 Å². The molecule has 1 aliphatic rings. The molecule has 0 spiro atoms. The van der Waals surface area contributed by atoms with Gasteiger partial charge in [-0.1, -0.05) is 0 Å². The second-order valence-corrected chi connectivity index (χ2v) is 5.60. The molecule has 0 aromatic heterocycles. The van der Waals surface area contributed by atoms with Gasteiger partial charge in [0, 0.05) is 0 Å². The van der Waals surface area contributed by atoms with Crippen molar-refractivity contribution in [3.05, 3.63) is 12.2 Å². The maximum absolute atomic E-state index is 2.30. The molecule has 1 rings (SSSR count). The summed E-state index contributed by atoms with van der Waals surface area (Å²) in [4.78, 5) is 0. The molecule has 0 N–H and O–H groups in total. The maximum atomic E-state index is 2.30. The van der Waals surface area contributed by atoms with E-state index in [9.17, 15) is 0 Å². The summed E-state index contributed by atoms with van der Waals surface area (Å²) in [5, 5.41) is 0. The van der Waals surface area contributed by atoms with Crippen LogP contribution < -0.4 is 0 Å². The van der Waals surface area contributed by atoms with Gasteiger partial charge < -0.3 is 0 Å². The number of rotatable bonds is 0. The molecule has 0 amide bonds. The summed E-state index contributed by atoms with van der Waals surface area (Å²) in [7, 11) is 0. The van der Waals surface area contributed by atoms with Crippen molar-refractivity contribution in [2.24, 2.45) is 0 Å². The zero-order valence-electron chi connectivity index (χ0n) is 4.68. The number of allylic oxidation sites excluding steroid dienone is 2. The molecular formula is C6H9As. The quantitative estimate of drug-likeness (QED) is 0.463. The molecule has 0 fully saturated rings. The minimum absolute atomic E-state index is 0.549. The van der Waals surface area contributed by atoms with E-state index in [4.69, 9.17) is 0 Å². The average molecular weight is 156 g/mol. The van der Waals surface area contributed by atoms with Crippen molar-refractivity contribution >= 4 is 19.6 Å². The Bertz CT molecular complexity index is 122. The van der Waals surface area contributed by atoms with Gasteiger partial charge in [0.1, 0.15) is 0 Å². The third-order valence-corrected chi connectivity index (χ3v) is 3.41. The van der Waals surface area contributed by atoms with Crippen LogP contribution in [0.3, 0.4) is 0 Å². The molecule has 1 unspecified atom stereocenters. The predicted molar refractivity (Wildman–Crippen MR) is 35.0 cm³/mol. The summed E-state index contributed by atoms with van der Waals surface area (Å²) in [5.41, 5.74) is 0. The van der Waals surface area contributed by atoms with Crippen LogP contribution in [0.2, 0.25) is 4.71 Å². The standard InChI is InChI=1S/C6H9As/c1-5-3-4-6(2)7-5/h3-5H,1-2H3. The Morgan fingerprint density at radius 3 is 2.57 bits per heavy atom. The van der Waals surface area contributed by atoms with Crippen LogP contribution in [0.15, 0.2) is 12.2 Å². The summed E-state index contributed by atoms with van der Waals surface area (Å²) < 4.78 is 2.51. The van der Waals surface area contributed by atoms with Crippen LogP contribution in [0.5, 0.6) is 0 Å². The summed E-state index contributed by atoms with van der Waals surface area (Å²) in [5.74, 6) is 0. The van der Waals surface area contributed by atoms with Gasteiger partial charge in [0.2, 0.25) is 0 Å². The third kappa shape index (κ3) is 1.28. The molecule has 0 nitrogen and oxygen atoms in total. The van der Waals surface area contributed by atoms with Crippen molar-refractivity contribution in [3.8, 4) is 0 Å². The molecule has 0 bridgehead atoms. The van der Waals surface area contributed by atoms with Gasteiger partial charge in [-0.3, -0.25) is 0 Å². The van der Waals surface area contributed by atoms with Gasteiger partial charge in [-0.15, -0.1) is 0 Å². The molecule has 1 aliphatic heterocycles. The van der Waals surface area contributed by atoms with Crippen LogP contribution in [-0.2, 0) is 0 Å². The second-order valence-electron chi connectivity index (χ2n) is 1.87. The molecule has 0 aromatic rings. The fraction of sp³-hybridized carbons (Fsp3) is 0.500. The van der Waals surface area contributed by atoms with Crippen molar-refractivity contribution in [1.29, 1.82) is 0 Å². The second kappa shape index (κ2) is 1.96. The Labute approximate surface area is 50.8 Å². The van der Waals surface area contributed by atoms with E-state index < -0.39 is 0 Å². The van der Waals surface area contributed by atoms with Gasteiger partial charge in [-0.2, -0.15) is 0 Å². The topological polar surface area (TPSA) is 0 Å². The molecule has 1 heterocycles. The SMILES string of the molecule is CC1=[As]C(C)C=C1. The van der Waals surface area contributed by atoms with Gasteiger partial charge in [0.05, 0.1) is 0 Å². The summed E-state index contributed by atoms with van der Waals surface area (Å²) in [6.45, 7) is 4.51. The zero-order valence-corrected chi connectivity index (χ0v) is 6.56. The van der Waals surface area contributed by atoms with E-state index >= 15 is 0 Å². The molecule has 0 radical (unpaired) electrons. The molecule has 1 atom stereocenters. The Kier molecular flexibility index (Phi) is 1.49. The van der Waals surface area contributed by atoms with Crippen LogP contribution in [0.1, 0.15) is 13.8 Å². The summed E-state index contributed by atoms with van der Waals surface area (Å²) in [6.07, 6.45) is 4.56. The van der Waals surface area contributed by atoms with Crippen LogP contribution >= 0.6 is 0 Å². The first-order valence-corrected chi connectivity index (χ1v) is 4.54. The van der Waals surface area contributed by atoms with E-state index in [0.29, 0.717) is 15.3 Å². The van der Waals surface area contributed by atoms with E-state index in [0.717, 1.165) is 4.71 Å². The molecule has 0 aliphatic carbocycles. The third-order valence-electron chi connectivity index (χ3n) is 1.02. The first kappa shape index (κ1) is 5.31. The van der Waals surface area contributed by atoms with Crippen LogP contribution in [0.25, 0.3) is 0 Å². The van der Waals surface area contributed by atoms with E-state index in [2.05, 4.69) is 26.0 Å². The molecule has 7 heavy (non-hydrogen) atoms. The molecular weight excluding hydrogens is 147 g/mol. The minimum atomic E-state index is 0.549. The normalized spacial score (nSPS) is 30.6. The first-order chi connectivity index (χ1) is 3.29. The molecule has 0 saturated carbocycles. The molecule has 0 aromatic carbocycles. The molecule has 0 saturated heterocycles. The van der Waals surface area contributed by atoms with E-state index in [1.807, 2.05) is 0 Å². The van der Waals surface area contributed by atoms with Crippen molar-refractivity contribution < 1.29 is 0 Å². The van der Waals surface area contributed by atoms with Crippen molar-refractivity contribution in [1.82, 2.24) is 0 Å². The first-order valence-electron chi connectivity index (χ1n) is 2.51. The van der Waals surface area contributed by atoms with Crippen molar-refractivity contribution in [3.63, 3.8) is 0 Å². The molecule has 38 valence electrons. The van der Waals surface area contributed by atoms with Crippen LogP contribution in [-0.4, -0.2) is 19.6 Å². The fourth-order valence-electron chi connectivity index (χ4n) is 0.686. The van der Waals surface area contributed by atoms with Crippen LogP contribution in [0.4, 0.5) is 0 Å².